The van der Waals surface area contributed by atoms with Gasteiger partial charge in [-0.1, -0.05) is 88.5 Å². The maximum Gasteiger partial charge on any atom is 1.00 e. The third-order valence-electron chi connectivity index (χ3n) is 5.18. The van der Waals surface area contributed by atoms with E-state index in [1.807, 2.05) is 6.07 Å². The Hall–Kier alpha value is -1.05. The molecule has 0 fully saturated rings. The molecule has 31 heavy (non-hydrogen) atoms. The van der Waals surface area contributed by atoms with E-state index in [-0.39, 0.29) is 41.1 Å². The summed E-state index contributed by atoms with van der Waals surface area (Å²) in [6.45, 7) is 2.22. The average Bonchev–Trinajstić information content (AvgIpc) is 2.71. The molecule has 0 amide bonds. The van der Waals surface area contributed by atoms with Crippen LogP contribution in [-0.2, 0) is 16.5 Å². The summed E-state index contributed by atoms with van der Waals surface area (Å²) in [6, 6.07) is 11.1. The Morgan fingerprint density at radius 3 is 1.97 bits per heavy atom. The van der Waals surface area contributed by atoms with E-state index in [1.54, 1.807) is 24.3 Å². The number of unbranched alkanes of at least 4 members (excludes halogenated alkanes) is 9. The molecule has 1 N–H and O–H groups in total. The molecular formula is C24H33NaO5S. The number of rotatable bonds is 14. The molecule has 2 aromatic carbocycles. The molecule has 166 valence electrons. The molecule has 0 heterocycles. The number of aryl methyl sites for hydroxylation is 1. The second-order valence-corrected chi connectivity index (χ2v) is 9.12. The minimum atomic E-state index is -4.56. The molecule has 0 aliphatic carbocycles. The van der Waals surface area contributed by atoms with Gasteiger partial charge < -0.3 is 9.84 Å². The van der Waals surface area contributed by atoms with Crippen LogP contribution in [0.1, 0.15) is 76.7 Å². The molecule has 0 bridgehead atoms. The van der Waals surface area contributed by atoms with Gasteiger partial charge in [0.1, 0.15) is 16.4 Å². The fraction of sp³-hybridized carbons (Fsp3) is 0.500. The molecule has 0 aliphatic rings. The summed E-state index contributed by atoms with van der Waals surface area (Å²) >= 11 is 0. The van der Waals surface area contributed by atoms with Gasteiger partial charge in [-0.3, -0.25) is 4.55 Å². The van der Waals surface area contributed by atoms with Gasteiger partial charge in [-0.15, -0.1) is 5.75 Å². The third-order valence-corrected chi connectivity index (χ3v) is 6.05. The van der Waals surface area contributed by atoms with Crippen LogP contribution in [0.2, 0.25) is 0 Å². The molecule has 0 atom stereocenters. The second-order valence-electron chi connectivity index (χ2n) is 7.73. The maximum absolute atomic E-state index is 12.4. The van der Waals surface area contributed by atoms with E-state index in [9.17, 15) is 18.1 Å². The molecule has 0 spiro atoms. The van der Waals surface area contributed by atoms with E-state index in [2.05, 4.69) is 6.92 Å². The Bertz CT molecular complexity index is 869. The minimum Gasteiger partial charge on any atom is -0.872 e. The zero-order valence-corrected chi connectivity index (χ0v) is 21.6. The third kappa shape index (κ3) is 10.4. The van der Waals surface area contributed by atoms with Crippen LogP contribution < -0.4 is 39.4 Å². The van der Waals surface area contributed by atoms with Crippen molar-refractivity contribution in [3.63, 3.8) is 0 Å². The van der Waals surface area contributed by atoms with Crippen LogP contribution in [0.4, 0.5) is 0 Å². The largest absolute Gasteiger partial charge is 1.00 e. The molecule has 2 aromatic rings. The van der Waals surface area contributed by atoms with Crippen molar-refractivity contribution < 1.29 is 52.4 Å². The quantitative estimate of drug-likeness (QED) is 0.268. The van der Waals surface area contributed by atoms with Crippen LogP contribution in [0.3, 0.4) is 0 Å². The number of benzene rings is 2. The predicted molar refractivity (Wildman–Crippen MR) is 118 cm³/mol. The topological polar surface area (TPSA) is 86.7 Å². The van der Waals surface area contributed by atoms with Crippen LogP contribution in [0.25, 0.3) is 0 Å². The van der Waals surface area contributed by atoms with Crippen molar-refractivity contribution in [2.24, 2.45) is 0 Å². The molecule has 0 saturated heterocycles. The molecule has 7 heteroatoms. The number of hydrogen-bond acceptors (Lipinski definition) is 4. The van der Waals surface area contributed by atoms with Crippen LogP contribution in [0, 0.1) is 0 Å². The Kier molecular flexibility index (Phi) is 13.5. The van der Waals surface area contributed by atoms with Gasteiger partial charge in [-0.2, -0.15) is 8.42 Å². The zero-order valence-electron chi connectivity index (χ0n) is 18.8. The molecular weight excluding hydrogens is 423 g/mol. The summed E-state index contributed by atoms with van der Waals surface area (Å²) < 4.78 is 38.5. The van der Waals surface area contributed by atoms with Crippen molar-refractivity contribution in [3.8, 4) is 17.2 Å². The van der Waals surface area contributed by atoms with Crippen molar-refractivity contribution >= 4 is 10.1 Å². The van der Waals surface area contributed by atoms with Gasteiger partial charge in [-0.25, -0.2) is 0 Å². The van der Waals surface area contributed by atoms with Crippen LogP contribution in [0.5, 0.6) is 17.2 Å². The number of ether oxygens (including phenoxy) is 1. The number of hydrogen-bond donors (Lipinski definition) is 1. The van der Waals surface area contributed by atoms with E-state index in [4.69, 9.17) is 4.74 Å². The van der Waals surface area contributed by atoms with Crippen molar-refractivity contribution in [2.75, 3.05) is 0 Å². The molecule has 2 rings (SSSR count). The molecule has 0 unspecified atom stereocenters. The van der Waals surface area contributed by atoms with Crippen molar-refractivity contribution in [3.05, 3.63) is 48.0 Å². The van der Waals surface area contributed by atoms with Crippen LogP contribution >= 0.6 is 0 Å². The second kappa shape index (κ2) is 14.9. The molecule has 0 aromatic heterocycles. The summed E-state index contributed by atoms with van der Waals surface area (Å²) in [5.74, 6) is 0.0234. The molecule has 0 saturated carbocycles. The summed E-state index contributed by atoms with van der Waals surface area (Å²) in [7, 11) is -4.56. The number of para-hydroxylation sites is 1. The zero-order chi connectivity index (χ0) is 21.8. The van der Waals surface area contributed by atoms with E-state index >= 15 is 0 Å². The summed E-state index contributed by atoms with van der Waals surface area (Å²) in [5, 5.41) is 12.4. The maximum atomic E-state index is 12.4. The smallest absolute Gasteiger partial charge is 0.872 e. The Labute approximate surface area is 209 Å². The summed E-state index contributed by atoms with van der Waals surface area (Å²) in [4.78, 5) is -0.497. The van der Waals surface area contributed by atoms with E-state index in [0.29, 0.717) is 17.7 Å². The normalized spacial score (nSPS) is 11.2. The van der Waals surface area contributed by atoms with Gasteiger partial charge in [0.05, 0.1) is 0 Å². The summed E-state index contributed by atoms with van der Waals surface area (Å²) in [5.41, 5.74) is 0.507. The van der Waals surface area contributed by atoms with Crippen LogP contribution in [-0.4, -0.2) is 13.0 Å². The van der Waals surface area contributed by atoms with Crippen LogP contribution in [0.15, 0.2) is 47.4 Å². The first kappa shape index (κ1) is 28.0. The van der Waals surface area contributed by atoms with E-state index < -0.39 is 15.0 Å². The van der Waals surface area contributed by atoms with Gasteiger partial charge >= 0.3 is 29.6 Å². The Balaban J connectivity index is 0.00000480. The summed E-state index contributed by atoms with van der Waals surface area (Å²) in [6.07, 6.45) is 12.6. The first-order valence-electron chi connectivity index (χ1n) is 11.0. The van der Waals surface area contributed by atoms with Gasteiger partial charge in [-0.05, 0) is 37.1 Å². The Morgan fingerprint density at radius 2 is 1.42 bits per heavy atom. The first-order valence-corrected chi connectivity index (χ1v) is 12.4. The monoisotopic (exact) mass is 456 g/mol. The van der Waals surface area contributed by atoms with Crippen molar-refractivity contribution in [1.29, 1.82) is 0 Å². The average molecular weight is 457 g/mol. The molecule has 5 nitrogen and oxygen atoms in total. The molecule has 0 aliphatic heterocycles. The van der Waals surface area contributed by atoms with Gasteiger partial charge in [0.25, 0.3) is 10.1 Å². The predicted octanol–water partition coefficient (Wildman–Crippen LogP) is 3.27. The SMILES string of the molecule is CCCCCCCCCCCCc1cc(Oc2ccccc2)c(S(=O)(=O)O)cc1[O-].[Na+]. The van der Waals surface area contributed by atoms with E-state index in [0.717, 1.165) is 25.3 Å². The van der Waals surface area contributed by atoms with Crippen molar-refractivity contribution in [2.45, 2.75) is 82.4 Å². The van der Waals surface area contributed by atoms with Gasteiger partial charge in [0, 0.05) is 0 Å². The fourth-order valence-corrected chi connectivity index (χ4v) is 4.09. The van der Waals surface area contributed by atoms with E-state index in [1.165, 1.54) is 51.0 Å². The fourth-order valence-electron chi connectivity index (χ4n) is 3.48. The standard InChI is InChI=1S/C24H34O5S.Na/c1-2-3-4-5-6-7-8-9-10-12-15-20-18-23(29-21-16-13-11-14-17-21)24(19-22(20)25)30(26,27)28;/h11,13-14,16-19,25H,2-10,12,15H2,1H3,(H,26,27,28);/q;+1/p-1. The minimum absolute atomic E-state index is 0. The first-order chi connectivity index (χ1) is 14.4. The Morgan fingerprint density at radius 1 is 0.871 bits per heavy atom. The van der Waals surface area contributed by atoms with Crippen molar-refractivity contribution in [1.82, 2.24) is 0 Å². The van der Waals surface area contributed by atoms with Gasteiger partial charge in [0.15, 0.2) is 0 Å². The van der Waals surface area contributed by atoms with Gasteiger partial charge in [0.2, 0.25) is 0 Å². The molecule has 0 radical (unpaired) electrons.